The highest BCUT2D eigenvalue weighted by molar-refractivity contribution is 7.92. The first kappa shape index (κ1) is 27.6. The predicted molar refractivity (Wildman–Crippen MR) is 152 cm³/mol. The summed E-state index contributed by atoms with van der Waals surface area (Å²) in [5.41, 5.74) is 2.31. The molecule has 14 heteroatoms. The molecule has 1 saturated carbocycles. The van der Waals surface area contributed by atoms with Gasteiger partial charge in [-0.05, 0) is 56.7 Å². The molecule has 220 valence electrons. The van der Waals surface area contributed by atoms with Crippen molar-refractivity contribution in [1.29, 1.82) is 0 Å². The molecule has 1 amide bonds. The summed E-state index contributed by atoms with van der Waals surface area (Å²) >= 11 is 0. The molecular weight excluding hydrogens is 556 g/mol. The van der Waals surface area contributed by atoms with Gasteiger partial charge in [0.25, 0.3) is 6.43 Å². The molecule has 2 aliphatic heterocycles. The van der Waals surface area contributed by atoms with Crippen LogP contribution in [0.5, 0.6) is 0 Å². The minimum atomic E-state index is -3.63. The second kappa shape index (κ2) is 10.7. The van der Waals surface area contributed by atoms with E-state index in [1.54, 1.807) is 18.2 Å². The van der Waals surface area contributed by atoms with Crippen molar-refractivity contribution in [3.63, 3.8) is 0 Å². The molecule has 41 heavy (non-hydrogen) atoms. The predicted octanol–water partition coefficient (Wildman–Crippen LogP) is 4.77. The minimum Gasteiger partial charge on any atom is -0.371 e. The van der Waals surface area contributed by atoms with Gasteiger partial charge in [-0.2, -0.15) is 0 Å². The SMILES string of the molecule is CN(c1cc(N2CCC2)ccc1Nc1cc(NC(=O)C2CC2)nc2c1nc(C(F)F)n2C1CCCCO1)S(C)(=O)=O. The maximum Gasteiger partial charge on any atom is 0.295 e. The lowest BCUT2D eigenvalue weighted by Gasteiger charge is -2.34. The highest BCUT2D eigenvalue weighted by atomic mass is 32.2. The van der Waals surface area contributed by atoms with E-state index < -0.39 is 28.5 Å². The number of anilines is 5. The Bertz CT molecular complexity index is 1580. The van der Waals surface area contributed by atoms with Crippen LogP contribution in [0.3, 0.4) is 0 Å². The number of nitrogens with zero attached hydrogens (tertiary/aromatic N) is 5. The fourth-order valence-corrected chi connectivity index (χ4v) is 5.67. The molecule has 1 unspecified atom stereocenters. The van der Waals surface area contributed by atoms with Crippen LogP contribution in [0.4, 0.5) is 37.3 Å². The number of fused-ring (bicyclic) bond motifs is 1. The first-order valence-corrected chi connectivity index (χ1v) is 15.7. The van der Waals surface area contributed by atoms with Crippen molar-refractivity contribution in [3.8, 4) is 0 Å². The summed E-state index contributed by atoms with van der Waals surface area (Å²) in [6.45, 7) is 2.18. The third-order valence-corrected chi connectivity index (χ3v) is 9.01. The number of carbonyl (C=O) groups is 1. The van der Waals surface area contributed by atoms with Crippen LogP contribution in [-0.4, -0.2) is 61.9 Å². The van der Waals surface area contributed by atoms with Crippen LogP contribution < -0.4 is 19.8 Å². The highest BCUT2D eigenvalue weighted by Gasteiger charge is 2.32. The maximum atomic E-state index is 14.3. The van der Waals surface area contributed by atoms with Crippen LogP contribution in [0, 0.1) is 5.92 Å². The Kier molecular flexibility index (Phi) is 7.22. The summed E-state index contributed by atoms with van der Waals surface area (Å²) in [6, 6.07) is 6.98. The normalized spacial score (nSPS) is 19.3. The van der Waals surface area contributed by atoms with Crippen molar-refractivity contribution in [2.45, 2.75) is 51.2 Å². The number of halogens is 2. The molecule has 2 N–H and O–H groups in total. The smallest absolute Gasteiger partial charge is 0.295 e. The molecule has 11 nitrogen and oxygen atoms in total. The molecule has 3 aliphatic rings. The zero-order chi connectivity index (χ0) is 28.9. The Hall–Kier alpha value is -3.52. The fourth-order valence-electron chi connectivity index (χ4n) is 5.16. The average molecular weight is 590 g/mol. The summed E-state index contributed by atoms with van der Waals surface area (Å²) in [6.07, 6.45) is 2.34. The number of sulfonamides is 1. The van der Waals surface area contributed by atoms with Crippen molar-refractivity contribution < 1.29 is 26.7 Å². The number of hydrogen-bond donors (Lipinski definition) is 2. The van der Waals surface area contributed by atoms with Gasteiger partial charge in [0.2, 0.25) is 15.9 Å². The second-order valence-corrected chi connectivity index (χ2v) is 12.9. The molecule has 0 bridgehead atoms. The van der Waals surface area contributed by atoms with Gasteiger partial charge < -0.3 is 20.3 Å². The van der Waals surface area contributed by atoms with Crippen LogP contribution in [-0.2, 0) is 19.6 Å². The molecule has 1 atom stereocenters. The lowest BCUT2D eigenvalue weighted by Crippen LogP contribution is -2.37. The maximum absolute atomic E-state index is 14.3. The molecule has 0 radical (unpaired) electrons. The summed E-state index contributed by atoms with van der Waals surface area (Å²) in [5, 5.41) is 6.05. The number of rotatable bonds is 9. The third-order valence-electron chi connectivity index (χ3n) is 7.82. The van der Waals surface area contributed by atoms with Gasteiger partial charge >= 0.3 is 0 Å². The van der Waals surface area contributed by atoms with Gasteiger partial charge in [-0.25, -0.2) is 27.2 Å². The molecule has 2 aromatic heterocycles. The summed E-state index contributed by atoms with van der Waals surface area (Å²) in [7, 11) is -2.17. The standard InChI is InChI=1S/C27H33F2N7O4S/c1-34(41(2,38)39)20-14-17(35-11-5-12-35)9-10-18(20)30-19-15-21(32-27(37)16-7-8-16)31-25-23(19)33-26(24(28)29)36(25)22-6-3-4-13-40-22/h9-10,14-16,22,24H,3-8,11-13H2,1-2H3,(H2,30,31,32,37). The number of aromatic nitrogens is 3. The monoisotopic (exact) mass is 589 g/mol. The van der Waals surface area contributed by atoms with E-state index in [0.717, 1.165) is 57.1 Å². The fraction of sp³-hybridized carbons (Fsp3) is 0.519. The molecule has 1 aliphatic carbocycles. The van der Waals surface area contributed by atoms with E-state index in [2.05, 4.69) is 25.5 Å². The Morgan fingerprint density at radius 3 is 2.49 bits per heavy atom. The van der Waals surface area contributed by atoms with Gasteiger partial charge in [0.1, 0.15) is 17.6 Å². The molecule has 4 heterocycles. The van der Waals surface area contributed by atoms with Crippen molar-refractivity contribution in [1.82, 2.24) is 14.5 Å². The third kappa shape index (κ3) is 5.54. The highest BCUT2D eigenvalue weighted by Crippen LogP contribution is 2.40. The molecule has 6 rings (SSSR count). The minimum absolute atomic E-state index is 0.101. The topological polar surface area (TPSA) is 122 Å². The van der Waals surface area contributed by atoms with Gasteiger partial charge in [0, 0.05) is 44.4 Å². The van der Waals surface area contributed by atoms with E-state index in [4.69, 9.17) is 4.74 Å². The number of nitrogens with one attached hydrogen (secondary N) is 2. The van der Waals surface area contributed by atoms with Crippen LogP contribution >= 0.6 is 0 Å². The van der Waals surface area contributed by atoms with E-state index in [-0.39, 0.29) is 28.8 Å². The molecule has 0 spiro atoms. The Balaban J connectivity index is 1.49. The quantitative estimate of drug-likeness (QED) is 0.366. The van der Waals surface area contributed by atoms with Crippen LogP contribution in [0.15, 0.2) is 24.3 Å². The number of alkyl halides is 2. The number of benzene rings is 1. The lowest BCUT2D eigenvalue weighted by atomic mass is 10.1. The van der Waals surface area contributed by atoms with Gasteiger partial charge in [0.15, 0.2) is 11.5 Å². The summed E-state index contributed by atoms with van der Waals surface area (Å²) in [5.74, 6) is -0.580. The second-order valence-electron chi connectivity index (χ2n) is 10.9. The molecule has 3 aromatic rings. The lowest BCUT2D eigenvalue weighted by molar-refractivity contribution is -0.117. The van der Waals surface area contributed by atoms with E-state index in [9.17, 15) is 22.0 Å². The van der Waals surface area contributed by atoms with E-state index in [1.165, 1.54) is 15.9 Å². The van der Waals surface area contributed by atoms with Crippen molar-refractivity contribution in [2.24, 2.45) is 5.92 Å². The largest absolute Gasteiger partial charge is 0.371 e. The van der Waals surface area contributed by atoms with Gasteiger partial charge in [-0.15, -0.1) is 0 Å². The number of ether oxygens (including phenoxy) is 1. The van der Waals surface area contributed by atoms with Crippen LogP contribution in [0.2, 0.25) is 0 Å². The average Bonchev–Trinajstić information content (AvgIpc) is 3.68. The molecule has 3 fully saturated rings. The van der Waals surface area contributed by atoms with Gasteiger partial charge in [0.05, 0.1) is 23.3 Å². The van der Waals surface area contributed by atoms with Crippen molar-refractivity contribution in [2.75, 3.05) is 52.8 Å². The summed E-state index contributed by atoms with van der Waals surface area (Å²) in [4.78, 5) is 23.7. The van der Waals surface area contributed by atoms with Gasteiger partial charge in [-0.1, -0.05) is 0 Å². The summed E-state index contributed by atoms with van der Waals surface area (Å²) < 4.78 is 62.2. The Morgan fingerprint density at radius 1 is 1.10 bits per heavy atom. The van der Waals surface area contributed by atoms with Crippen LogP contribution in [0.1, 0.15) is 57.0 Å². The number of hydrogen-bond acceptors (Lipinski definition) is 8. The van der Waals surface area contributed by atoms with Gasteiger partial charge in [-0.3, -0.25) is 13.7 Å². The van der Waals surface area contributed by atoms with Crippen molar-refractivity contribution >= 4 is 55.7 Å². The van der Waals surface area contributed by atoms with E-state index in [1.807, 2.05) is 6.07 Å². The molecule has 2 saturated heterocycles. The first-order chi connectivity index (χ1) is 19.6. The van der Waals surface area contributed by atoms with Crippen LogP contribution in [0.25, 0.3) is 11.2 Å². The zero-order valence-corrected chi connectivity index (χ0v) is 23.8. The number of pyridine rings is 1. The number of carbonyl (C=O) groups excluding carboxylic acids is 1. The number of imidazole rings is 1. The first-order valence-electron chi connectivity index (χ1n) is 13.8. The van der Waals surface area contributed by atoms with E-state index in [0.29, 0.717) is 30.1 Å². The number of amides is 1. The zero-order valence-electron chi connectivity index (χ0n) is 22.9. The van der Waals surface area contributed by atoms with Crippen molar-refractivity contribution in [3.05, 3.63) is 30.1 Å². The molecular formula is C27H33F2N7O4S. The Labute approximate surface area is 236 Å². The molecule has 1 aromatic carbocycles. The Morgan fingerprint density at radius 2 is 1.88 bits per heavy atom. The van der Waals surface area contributed by atoms with E-state index >= 15 is 0 Å².